The van der Waals surface area contributed by atoms with E-state index in [2.05, 4.69) is 24.9 Å². The van der Waals surface area contributed by atoms with Crippen molar-refractivity contribution in [1.29, 1.82) is 0 Å². The molecule has 0 saturated carbocycles. The second-order valence-electron chi connectivity index (χ2n) is 7.39. The normalized spacial score (nSPS) is 16.2. The summed E-state index contributed by atoms with van der Waals surface area (Å²) in [4.78, 5) is 4.67. The van der Waals surface area contributed by atoms with Crippen molar-refractivity contribution >= 4 is 13.3 Å². The van der Waals surface area contributed by atoms with Gasteiger partial charge >= 0.3 is 0 Å². The first-order valence-electron chi connectivity index (χ1n) is 12.0. The second kappa shape index (κ2) is 7.59. The highest BCUT2D eigenvalue weighted by Gasteiger charge is 2.16. The van der Waals surface area contributed by atoms with E-state index < -0.39 is 21.0 Å². The van der Waals surface area contributed by atoms with Crippen LogP contribution in [-0.4, -0.2) is 13.1 Å². The number of pyridine rings is 1. The Morgan fingerprint density at radius 1 is 0.962 bits per heavy atom. The SMILES string of the molecule is [2H]C([2H])([2H])[Si](C)(c1ccc(-c2cnc(-c3ccccc3)cc2CC(C)C)cc1)C([2H])([2H])[2H]. The van der Waals surface area contributed by atoms with E-state index in [1.165, 1.54) is 6.55 Å². The summed E-state index contributed by atoms with van der Waals surface area (Å²) >= 11 is 0. The molecule has 0 N–H and O–H groups in total. The van der Waals surface area contributed by atoms with Crippen molar-refractivity contribution in [3.8, 4) is 22.4 Å². The number of benzene rings is 2. The lowest BCUT2D eigenvalue weighted by molar-refractivity contribution is 0.648. The maximum Gasteiger partial charge on any atom is 0.0775 e. The molecule has 0 saturated heterocycles. The molecule has 0 unspecified atom stereocenters. The van der Waals surface area contributed by atoms with Crippen LogP contribution in [0.15, 0.2) is 66.9 Å². The molecule has 0 fully saturated rings. The molecular weight excluding hydrogens is 330 g/mol. The Balaban J connectivity index is 2.06. The fourth-order valence-corrected chi connectivity index (χ4v) is 3.95. The van der Waals surface area contributed by atoms with Crippen LogP contribution >= 0.6 is 0 Å². The third-order valence-electron chi connectivity index (χ3n) is 4.46. The number of hydrogen-bond acceptors (Lipinski definition) is 1. The topological polar surface area (TPSA) is 12.9 Å². The number of aromatic nitrogens is 1. The van der Waals surface area contributed by atoms with Gasteiger partial charge in [-0.2, -0.15) is 0 Å². The van der Waals surface area contributed by atoms with E-state index in [0.717, 1.165) is 34.4 Å². The van der Waals surface area contributed by atoms with E-state index >= 15 is 0 Å². The minimum atomic E-state index is -3.76. The summed E-state index contributed by atoms with van der Waals surface area (Å²) in [5, 5.41) is 0.417. The van der Waals surface area contributed by atoms with Crippen LogP contribution in [0, 0.1) is 5.92 Å². The third kappa shape index (κ3) is 4.31. The van der Waals surface area contributed by atoms with Crippen molar-refractivity contribution in [2.24, 2.45) is 5.92 Å². The largest absolute Gasteiger partial charge is 0.256 e. The molecule has 0 amide bonds. The zero-order valence-electron chi connectivity index (χ0n) is 21.6. The zero-order chi connectivity index (χ0) is 23.7. The molecule has 3 rings (SSSR count). The maximum atomic E-state index is 7.94. The molecule has 0 bridgehead atoms. The van der Waals surface area contributed by atoms with Crippen molar-refractivity contribution in [3.05, 3.63) is 72.4 Å². The summed E-state index contributed by atoms with van der Waals surface area (Å²) in [7, 11) is -3.76. The fraction of sp³-hybridized carbons (Fsp3) is 0.292. The van der Waals surface area contributed by atoms with Gasteiger partial charge in [0, 0.05) is 25.5 Å². The average molecular weight is 366 g/mol. The molecule has 26 heavy (non-hydrogen) atoms. The summed E-state index contributed by atoms with van der Waals surface area (Å²) in [5.74, 6) is 0.445. The minimum absolute atomic E-state index is 0.417. The Morgan fingerprint density at radius 2 is 1.65 bits per heavy atom. The molecule has 1 aromatic heterocycles. The molecule has 2 heteroatoms. The van der Waals surface area contributed by atoms with E-state index in [1.54, 1.807) is 12.1 Å². The number of nitrogens with zero attached hydrogens (tertiary/aromatic N) is 1. The maximum absolute atomic E-state index is 7.94. The van der Waals surface area contributed by atoms with E-state index in [9.17, 15) is 0 Å². The van der Waals surface area contributed by atoms with E-state index in [-0.39, 0.29) is 0 Å². The van der Waals surface area contributed by atoms with Gasteiger partial charge in [-0.1, -0.05) is 93.1 Å². The molecule has 0 radical (unpaired) electrons. The van der Waals surface area contributed by atoms with Gasteiger partial charge in [0.15, 0.2) is 0 Å². The first kappa shape index (κ1) is 12.2. The summed E-state index contributed by atoms with van der Waals surface area (Å²) in [5.41, 5.74) is 5.01. The van der Waals surface area contributed by atoms with Gasteiger partial charge in [0.2, 0.25) is 0 Å². The summed E-state index contributed by atoms with van der Waals surface area (Å²) < 4.78 is 47.6. The van der Waals surface area contributed by atoms with Crippen LogP contribution in [-0.2, 0) is 6.42 Å². The second-order valence-corrected chi connectivity index (χ2v) is 10.2. The third-order valence-corrected chi connectivity index (χ3v) is 5.95. The highest BCUT2D eigenvalue weighted by atomic mass is 28.3. The van der Waals surface area contributed by atoms with Gasteiger partial charge < -0.3 is 0 Å². The lowest BCUT2D eigenvalue weighted by Gasteiger charge is -2.18. The van der Waals surface area contributed by atoms with Gasteiger partial charge in [0.05, 0.1) is 13.8 Å². The molecule has 134 valence electrons. The van der Waals surface area contributed by atoms with E-state index in [1.807, 2.05) is 48.7 Å². The molecule has 1 heterocycles. The Morgan fingerprint density at radius 3 is 2.27 bits per heavy atom. The average Bonchev–Trinajstić information content (AvgIpc) is 2.72. The summed E-state index contributed by atoms with van der Waals surface area (Å²) in [6, 6.07) is 19.2. The van der Waals surface area contributed by atoms with Crippen LogP contribution in [0.3, 0.4) is 0 Å². The molecule has 0 aliphatic heterocycles. The van der Waals surface area contributed by atoms with Crippen molar-refractivity contribution in [2.75, 3.05) is 0 Å². The first-order chi connectivity index (χ1) is 14.8. The molecule has 0 aliphatic rings. The predicted octanol–water partition coefficient (Wildman–Crippen LogP) is 6.16. The highest BCUT2D eigenvalue weighted by Crippen LogP contribution is 2.28. The molecule has 2 aromatic carbocycles. The fourth-order valence-electron chi connectivity index (χ4n) is 3.12. The van der Waals surface area contributed by atoms with Gasteiger partial charge in [-0.15, -0.1) is 0 Å². The van der Waals surface area contributed by atoms with Crippen LogP contribution < -0.4 is 5.19 Å². The smallest absolute Gasteiger partial charge is 0.0775 e. The molecule has 1 nitrogen and oxygen atoms in total. The van der Waals surface area contributed by atoms with Crippen LogP contribution in [0.5, 0.6) is 0 Å². The Bertz CT molecular complexity index is 1040. The van der Waals surface area contributed by atoms with Crippen molar-refractivity contribution in [1.82, 2.24) is 4.98 Å². The zero-order valence-corrected chi connectivity index (χ0v) is 16.6. The monoisotopic (exact) mass is 365 g/mol. The minimum Gasteiger partial charge on any atom is -0.256 e. The first-order valence-corrected chi connectivity index (χ1v) is 11.5. The summed E-state index contributed by atoms with van der Waals surface area (Å²) in [6.07, 6.45) is 2.73. The standard InChI is InChI=1S/C24H29NSi/c1-18(2)15-21-16-24(20-9-7-6-8-10-20)25-17-23(21)19-11-13-22(14-12-19)26(3,4)5/h6-14,16-18H,15H2,1-5H3/i3D3,4D3. The van der Waals surface area contributed by atoms with Gasteiger partial charge in [-0.25, -0.2) is 0 Å². The Kier molecular flexibility index (Phi) is 3.57. The van der Waals surface area contributed by atoms with Gasteiger partial charge in [0.1, 0.15) is 0 Å². The van der Waals surface area contributed by atoms with Gasteiger partial charge in [0.25, 0.3) is 0 Å². The van der Waals surface area contributed by atoms with Crippen molar-refractivity contribution < 1.29 is 8.22 Å². The quantitative estimate of drug-likeness (QED) is 0.493. The molecular formula is C24H29NSi. The van der Waals surface area contributed by atoms with Gasteiger partial charge in [-0.05, 0) is 29.5 Å². The number of rotatable bonds is 5. The van der Waals surface area contributed by atoms with Crippen molar-refractivity contribution in [3.63, 3.8) is 0 Å². The molecule has 3 aromatic rings. The molecule has 0 atom stereocenters. The van der Waals surface area contributed by atoms with Crippen LogP contribution in [0.4, 0.5) is 0 Å². The number of hydrogen-bond donors (Lipinski definition) is 0. The van der Waals surface area contributed by atoms with Crippen LogP contribution in [0.25, 0.3) is 22.4 Å². The van der Waals surface area contributed by atoms with Gasteiger partial charge in [-0.3, -0.25) is 4.98 Å². The van der Waals surface area contributed by atoms with Crippen LogP contribution in [0.2, 0.25) is 19.5 Å². The van der Waals surface area contributed by atoms with E-state index in [4.69, 9.17) is 8.22 Å². The Hall–Kier alpha value is -2.19. The van der Waals surface area contributed by atoms with Crippen molar-refractivity contribution in [2.45, 2.75) is 39.8 Å². The lowest BCUT2D eigenvalue weighted by Crippen LogP contribution is -2.37. The predicted molar refractivity (Wildman–Crippen MR) is 117 cm³/mol. The van der Waals surface area contributed by atoms with E-state index in [0.29, 0.717) is 11.1 Å². The summed E-state index contributed by atoms with van der Waals surface area (Å²) in [6.45, 7) is 0.712. The molecule has 0 aliphatic carbocycles. The Labute approximate surface area is 167 Å². The lowest BCUT2D eigenvalue weighted by atomic mass is 9.94. The highest BCUT2D eigenvalue weighted by molar-refractivity contribution is 6.88. The van der Waals surface area contributed by atoms with Crippen LogP contribution in [0.1, 0.15) is 27.6 Å². The molecule has 0 spiro atoms.